The topological polar surface area (TPSA) is 104 Å². The van der Waals surface area contributed by atoms with Crippen LogP contribution in [0.3, 0.4) is 0 Å². The number of sulfonamides is 1. The molecular weight excluding hydrogens is 597 g/mol. The highest BCUT2D eigenvalue weighted by molar-refractivity contribution is 7.90. The van der Waals surface area contributed by atoms with Crippen LogP contribution in [0.2, 0.25) is 10.0 Å². The van der Waals surface area contributed by atoms with Crippen LogP contribution in [-0.2, 0) is 32.6 Å². The first-order chi connectivity index (χ1) is 20.0. The van der Waals surface area contributed by atoms with Crippen molar-refractivity contribution < 1.29 is 22.8 Å². The van der Waals surface area contributed by atoms with Gasteiger partial charge in [0.2, 0.25) is 11.8 Å². The first-order valence-electron chi connectivity index (χ1n) is 13.8. The standard InChI is InChI=1S/C31H33Cl2N3O5S/c1-3-21(2)34-30(38)27(19-22-11-5-4-6-12-22)35(20-24-25(32)14-9-15-26(24)33)29(37)17-10-18-36-31(39)23-13-7-8-16-28(23)42(36,40)41/h4-9,11-16,21,27H,3,10,17-20H2,1-2H3,(H,34,38). The summed E-state index contributed by atoms with van der Waals surface area (Å²) in [5, 5.41) is 3.71. The van der Waals surface area contributed by atoms with Gasteiger partial charge in [-0.1, -0.05) is 78.7 Å². The first-order valence-corrected chi connectivity index (χ1v) is 16.0. The zero-order valence-electron chi connectivity index (χ0n) is 23.4. The van der Waals surface area contributed by atoms with Crippen LogP contribution >= 0.6 is 23.2 Å². The highest BCUT2D eigenvalue weighted by Crippen LogP contribution is 2.31. The van der Waals surface area contributed by atoms with E-state index in [1.165, 1.54) is 17.0 Å². The van der Waals surface area contributed by atoms with Crippen molar-refractivity contribution in [3.05, 3.63) is 99.5 Å². The Morgan fingerprint density at radius 3 is 2.24 bits per heavy atom. The lowest BCUT2D eigenvalue weighted by Crippen LogP contribution is -2.52. The molecule has 222 valence electrons. The molecule has 11 heteroatoms. The van der Waals surface area contributed by atoms with Crippen molar-refractivity contribution in [1.82, 2.24) is 14.5 Å². The average Bonchev–Trinajstić information content (AvgIpc) is 3.17. The Kier molecular flexibility index (Phi) is 10.3. The lowest BCUT2D eigenvalue weighted by molar-refractivity contribution is -0.141. The van der Waals surface area contributed by atoms with E-state index in [0.717, 1.165) is 9.87 Å². The molecule has 0 fully saturated rings. The highest BCUT2D eigenvalue weighted by atomic mass is 35.5. The number of nitrogens with zero attached hydrogens (tertiary/aromatic N) is 2. The van der Waals surface area contributed by atoms with Gasteiger partial charge in [-0.15, -0.1) is 0 Å². The van der Waals surface area contributed by atoms with E-state index in [4.69, 9.17) is 23.2 Å². The molecule has 2 unspecified atom stereocenters. The Labute approximate surface area is 256 Å². The highest BCUT2D eigenvalue weighted by Gasteiger charge is 2.40. The number of nitrogens with one attached hydrogen (secondary N) is 1. The van der Waals surface area contributed by atoms with Crippen molar-refractivity contribution in [2.24, 2.45) is 0 Å². The molecule has 4 rings (SSSR count). The predicted octanol–water partition coefficient (Wildman–Crippen LogP) is 5.47. The summed E-state index contributed by atoms with van der Waals surface area (Å²) in [5.74, 6) is -1.34. The van der Waals surface area contributed by atoms with Crippen molar-refractivity contribution in [3.63, 3.8) is 0 Å². The lowest BCUT2D eigenvalue weighted by atomic mass is 10.0. The van der Waals surface area contributed by atoms with Crippen molar-refractivity contribution in [2.45, 2.75) is 63.1 Å². The number of fused-ring (bicyclic) bond motifs is 1. The summed E-state index contributed by atoms with van der Waals surface area (Å²) in [6, 6.07) is 19.4. The molecule has 1 heterocycles. The quantitative estimate of drug-likeness (QED) is 0.286. The minimum atomic E-state index is -4.00. The van der Waals surface area contributed by atoms with E-state index in [0.29, 0.717) is 22.0 Å². The van der Waals surface area contributed by atoms with Crippen LogP contribution in [0, 0.1) is 0 Å². The van der Waals surface area contributed by atoms with Gasteiger partial charge in [0.25, 0.3) is 15.9 Å². The largest absolute Gasteiger partial charge is 0.352 e. The van der Waals surface area contributed by atoms with Crippen molar-refractivity contribution >= 4 is 50.9 Å². The molecule has 1 aliphatic heterocycles. The summed E-state index contributed by atoms with van der Waals surface area (Å²) < 4.78 is 26.8. The summed E-state index contributed by atoms with van der Waals surface area (Å²) >= 11 is 13.0. The number of carbonyl (C=O) groups excluding carboxylic acids is 3. The Hall–Kier alpha value is -3.40. The second-order valence-corrected chi connectivity index (χ2v) is 12.9. The van der Waals surface area contributed by atoms with E-state index in [-0.39, 0.29) is 54.8 Å². The van der Waals surface area contributed by atoms with Gasteiger partial charge in [0.05, 0.1) is 5.56 Å². The first kappa shape index (κ1) is 31.5. The van der Waals surface area contributed by atoms with Gasteiger partial charge in [0, 0.05) is 47.6 Å². The molecule has 8 nitrogen and oxygen atoms in total. The lowest BCUT2D eigenvalue weighted by Gasteiger charge is -2.33. The molecule has 2 atom stereocenters. The summed E-state index contributed by atoms with van der Waals surface area (Å²) in [7, 11) is -4.00. The van der Waals surface area contributed by atoms with Gasteiger partial charge in [-0.25, -0.2) is 12.7 Å². The fourth-order valence-electron chi connectivity index (χ4n) is 4.82. The van der Waals surface area contributed by atoms with Crippen molar-refractivity contribution in [2.75, 3.05) is 6.54 Å². The Morgan fingerprint density at radius 2 is 1.60 bits per heavy atom. The molecule has 3 aromatic carbocycles. The molecule has 0 saturated heterocycles. The van der Waals surface area contributed by atoms with E-state index in [2.05, 4.69) is 5.32 Å². The third-order valence-corrected chi connectivity index (χ3v) is 9.87. The maximum atomic E-state index is 13.9. The molecule has 0 aliphatic carbocycles. The minimum absolute atomic E-state index is 0.0326. The van der Waals surface area contributed by atoms with Crippen LogP contribution in [0.4, 0.5) is 0 Å². The Balaban J connectivity index is 1.61. The van der Waals surface area contributed by atoms with Crippen LogP contribution in [0.15, 0.2) is 77.7 Å². The summed E-state index contributed by atoms with van der Waals surface area (Å²) in [6.45, 7) is 3.63. The van der Waals surface area contributed by atoms with Crippen molar-refractivity contribution in [3.8, 4) is 0 Å². The molecule has 3 amide bonds. The van der Waals surface area contributed by atoms with Gasteiger partial charge >= 0.3 is 0 Å². The normalized spacial score (nSPS) is 15.1. The molecular formula is C31H33Cl2N3O5S. The molecule has 0 radical (unpaired) electrons. The van der Waals surface area contributed by atoms with Gasteiger partial charge in [-0.05, 0) is 49.6 Å². The summed E-state index contributed by atoms with van der Waals surface area (Å²) in [4.78, 5) is 41.8. The van der Waals surface area contributed by atoms with Crippen LogP contribution in [-0.4, -0.2) is 54.0 Å². The summed E-state index contributed by atoms with van der Waals surface area (Å²) in [6.07, 6.45) is 0.898. The second-order valence-electron chi connectivity index (χ2n) is 10.2. The fourth-order valence-corrected chi connectivity index (χ4v) is 6.94. The zero-order chi connectivity index (χ0) is 30.4. The SMILES string of the molecule is CCC(C)NC(=O)C(Cc1ccccc1)N(Cc1c(Cl)cccc1Cl)C(=O)CCCN1C(=O)c2ccccc2S1(=O)=O. The smallest absolute Gasteiger partial charge is 0.269 e. The maximum Gasteiger partial charge on any atom is 0.269 e. The number of amides is 3. The van der Waals surface area contributed by atoms with Crippen LogP contribution in [0.1, 0.15) is 54.6 Å². The van der Waals surface area contributed by atoms with Gasteiger partial charge in [0.1, 0.15) is 10.9 Å². The Bertz CT molecular complexity index is 1550. The number of benzene rings is 3. The van der Waals surface area contributed by atoms with Crippen molar-refractivity contribution in [1.29, 1.82) is 0 Å². The Morgan fingerprint density at radius 1 is 0.952 bits per heavy atom. The molecule has 42 heavy (non-hydrogen) atoms. The molecule has 0 bridgehead atoms. The summed E-state index contributed by atoms with van der Waals surface area (Å²) in [5.41, 5.74) is 1.47. The van der Waals surface area contributed by atoms with Gasteiger partial charge in [-0.3, -0.25) is 14.4 Å². The predicted molar refractivity (Wildman–Crippen MR) is 163 cm³/mol. The number of halogens is 2. The number of rotatable bonds is 12. The third kappa shape index (κ3) is 6.97. The van der Waals surface area contributed by atoms with Crippen LogP contribution in [0.25, 0.3) is 0 Å². The maximum absolute atomic E-state index is 13.9. The number of carbonyl (C=O) groups is 3. The number of hydrogen-bond acceptors (Lipinski definition) is 5. The third-order valence-electron chi connectivity index (χ3n) is 7.33. The van der Waals surface area contributed by atoms with E-state index in [9.17, 15) is 22.8 Å². The minimum Gasteiger partial charge on any atom is -0.352 e. The number of hydrogen-bond donors (Lipinski definition) is 1. The van der Waals surface area contributed by atoms with E-state index < -0.39 is 27.9 Å². The molecule has 0 aromatic heterocycles. The zero-order valence-corrected chi connectivity index (χ0v) is 25.8. The fraction of sp³-hybridized carbons (Fsp3) is 0.323. The molecule has 1 N–H and O–H groups in total. The van der Waals surface area contributed by atoms with Gasteiger partial charge in [-0.2, -0.15) is 0 Å². The van der Waals surface area contributed by atoms with Crippen LogP contribution in [0.5, 0.6) is 0 Å². The van der Waals surface area contributed by atoms with Gasteiger partial charge in [0.15, 0.2) is 0 Å². The van der Waals surface area contributed by atoms with E-state index in [1.807, 2.05) is 44.2 Å². The molecule has 1 aliphatic rings. The molecule has 0 saturated carbocycles. The molecule has 3 aromatic rings. The van der Waals surface area contributed by atoms with Gasteiger partial charge < -0.3 is 10.2 Å². The van der Waals surface area contributed by atoms with E-state index in [1.54, 1.807) is 30.3 Å². The van der Waals surface area contributed by atoms with Crippen LogP contribution < -0.4 is 5.32 Å². The average molecular weight is 631 g/mol. The second kappa shape index (κ2) is 13.7. The monoisotopic (exact) mass is 629 g/mol. The van der Waals surface area contributed by atoms with E-state index >= 15 is 0 Å². The molecule has 0 spiro atoms.